The molecule has 86 valence electrons. The first-order valence-corrected chi connectivity index (χ1v) is 4.97. The summed E-state index contributed by atoms with van der Waals surface area (Å²) in [6.07, 6.45) is 1.42. The predicted octanol–water partition coefficient (Wildman–Crippen LogP) is 2.79. The highest BCUT2D eigenvalue weighted by atomic mass is 35.5. The van der Waals surface area contributed by atoms with E-state index < -0.39 is 0 Å². The largest absolute Gasteiger partial charge is 0.493 e. The third-order valence-electron chi connectivity index (χ3n) is 2.01. The fraction of sp³-hybridized carbons (Fsp3) is 0.167. The Morgan fingerprint density at radius 3 is 2.35 bits per heavy atom. The third-order valence-corrected chi connectivity index (χ3v) is 2.29. The minimum absolute atomic E-state index is 0.00622. The lowest BCUT2D eigenvalue weighted by atomic mass is 10.1. The Bertz CT molecular complexity index is 523. The molecule has 0 atom stereocenters. The van der Waals surface area contributed by atoms with Crippen molar-refractivity contribution in [2.75, 3.05) is 14.2 Å². The van der Waals surface area contributed by atoms with E-state index >= 15 is 0 Å². The van der Waals surface area contributed by atoms with E-state index in [2.05, 4.69) is 0 Å². The number of nitrogens with zero attached hydrogens (tertiary/aromatic N) is 2. The summed E-state index contributed by atoms with van der Waals surface area (Å²) < 4.78 is 10.2. The van der Waals surface area contributed by atoms with Crippen molar-refractivity contribution in [1.29, 1.82) is 10.5 Å². The molecule has 0 aliphatic carbocycles. The summed E-state index contributed by atoms with van der Waals surface area (Å²) in [7, 11) is 2.96. The van der Waals surface area contributed by atoms with Gasteiger partial charge in [-0.2, -0.15) is 10.5 Å². The fourth-order valence-corrected chi connectivity index (χ4v) is 1.57. The average molecular weight is 249 g/mol. The van der Waals surface area contributed by atoms with Crippen LogP contribution in [0.25, 0.3) is 6.08 Å². The van der Waals surface area contributed by atoms with E-state index in [0.717, 1.165) is 0 Å². The number of nitriles is 2. The van der Waals surface area contributed by atoms with E-state index in [4.69, 9.17) is 31.6 Å². The van der Waals surface area contributed by atoms with Crippen molar-refractivity contribution in [3.8, 4) is 23.6 Å². The first-order chi connectivity index (χ1) is 8.15. The van der Waals surface area contributed by atoms with Crippen LogP contribution in [0.5, 0.6) is 11.5 Å². The topological polar surface area (TPSA) is 66.0 Å². The van der Waals surface area contributed by atoms with Gasteiger partial charge in [-0.25, -0.2) is 0 Å². The molecule has 17 heavy (non-hydrogen) atoms. The summed E-state index contributed by atoms with van der Waals surface area (Å²) in [5, 5.41) is 17.7. The molecule has 0 fully saturated rings. The maximum Gasteiger partial charge on any atom is 0.179 e. The van der Waals surface area contributed by atoms with Crippen molar-refractivity contribution in [1.82, 2.24) is 0 Å². The number of hydrogen-bond acceptors (Lipinski definition) is 4. The SMILES string of the molecule is COc1cc(C=C(C#N)C#N)cc(Cl)c1OC. The Labute approximate surface area is 104 Å². The van der Waals surface area contributed by atoms with Crippen molar-refractivity contribution >= 4 is 17.7 Å². The van der Waals surface area contributed by atoms with Gasteiger partial charge in [-0.15, -0.1) is 0 Å². The maximum atomic E-state index is 8.65. The van der Waals surface area contributed by atoms with E-state index in [-0.39, 0.29) is 5.57 Å². The Kier molecular flexibility index (Phi) is 4.39. The van der Waals surface area contributed by atoms with Crippen LogP contribution in [-0.4, -0.2) is 14.2 Å². The van der Waals surface area contributed by atoms with E-state index in [0.29, 0.717) is 22.1 Å². The number of rotatable bonds is 3. The van der Waals surface area contributed by atoms with Gasteiger partial charge in [0.05, 0.1) is 19.2 Å². The lowest BCUT2D eigenvalue weighted by Crippen LogP contribution is -1.92. The van der Waals surface area contributed by atoms with Crippen LogP contribution >= 0.6 is 11.6 Å². The Morgan fingerprint density at radius 1 is 1.24 bits per heavy atom. The Balaban J connectivity index is 3.32. The molecule has 1 rings (SSSR count). The minimum Gasteiger partial charge on any atom is -0.493 e. The van der Waals surface area contributed by atoms with Crippen LogP contribution in [0.15, 0.2) is 17.7 Å². The highest BCUT2D eigenvalue weighted by Crippen LogP contribution is 2.36. The number of ether oxygens (including phenoxy) is 2. The third kappa shape index (κ3) is 2.90. The summed E-state index contributed by atoms with van der Waals surface area (Å²) in [5.74, 6) is 0.864. The quantitative estimate of drug-likeness (QED) is 0.772. The van der Waals surface area contributed by atoms with Crippen LogP contribution in [0.3, 0.4) is 0 Å². The summed E-state index contributed by atoms with van der Waals surface area (Å²) >= 11 is 5.98. The molecule has 1 aromatic rings. The minimum atomic E-state index is -0.00622. The van der Waals surface area contributed by atoms with Crippen LogP contribution in [0.1, 0.15) is 5.56 Å². The van der Waals surface area contributed by atoms with Gasteiger partial charge in [-0.1, -0.05) is 11.6 Å². The Morgan fingerprint density at radius 2 is 1.88 bits per heavy atom. The lowest BCUT2D eigenvalue weighted by Gasteiger charge is -2.10. The number of hydrogen-bond donors (Lipinski definition) is 0. The van der Waals surface area contributed by atoms with Gasteiger partial charge in [0, 0.05) is 0 Å². The molecule has 5 heteroatoms. The smallest absolute Gasteiger partial charge is 0.179 e. The number of benzene rings is 1. The zero-order valence-electron chi connectivity index (χ0n) is 9.32. The van der Waals surface area contributed by atoms with Crippen molar-refractivity contribution in [2.45, 2.75) is 0 Å². The van der Waals surface area contributed by atoms with Gasteiger partial charge in [0.2, 0.25) is 0 Å². The van der Waals surface area contributed by atoms with E-state index in [1.54, 1.807) is 24.3 Å². The average Bonchev–Trinajstić information content (AvgIpc) is 2.35. The van der Waals surface area contributed by atoms with Crippen LogP contribution < -0.4 is 9.47 Å². The molecular weight excluding hydrogens is 240 g/mol. The second kappa shape index (κ2) is 5.79. The molecule has 0 unspecified atom stereocenters. The van der Waals surface area contributed by atoms with E-state index in [1.807, 2.05) is 0 Å². The molecular formula is C12H9ClN2O2. The molecule has 0 saturated carbocycles. The summed E-state index contributed by atoms with van der Waals surface area (Å²) in [4.78, 5) is 0. The highest BCUT2D eigenvalue weighted by Gasteiger charge is 2.10. The van der Waals surface area contributed by atoms with Crippen molar-refractivity contribution in [3.63, 3.8) is 0 Å². The monoisotopic (exact) mass is 248 g/mol. The molecule has 0 aliphatic heterocycles. The predicted molar refractivity (Wildman–Crippen MR) is 63.8 cm³/mol. The second-order valence-electron chi connectivity index (χ2n) is 3.02. The molecule has 0 bridgehead atoms. The summed E-state index contributed by atoms with van der Waals surface area (Å²) in [5.41, 5.74) is 0.596. The van der Waals surface area contributed by atoms with Gasteiger partial charge in [0.1, 0.15) is 17.7 Å². The van der Waals surface area contributed by atoms with Gasteiger partial charge in [-0.05, 0) is 23.8 Å². The highest BCUT2D eigenvalue weighted by molar-refractivity contribution is 6.32. The molecule has 0 heterocycles. The van der Waals surface area contributed by atoms with Gasteiger partial charge in [0.25, 0.3) is 0 Å². The summed E-state index contributed by atoms with van der Waals surface area (Å²) in [6.45, 7) is 0. The van der Waals surface area contributed by atoms with Crippen LogP contribution in [0.2, 0.25) is 5.02 Å². The second-order valence-corrected chi connectivity index (χ2v) is 3.43. The van der Waals surface area contributed by atoms with Gasteiger partial charge in [0.15, 0.2) is 11.5 Å². The zero-order valence-corrected chi connectivity index (χ0v) is 10.1. The fourth-order valence-electron chi connectivity index (χ4n) is 1.28. The van der Waals surface area contributed by atoms with Gasteiger partial charge >= 0.3 is 0 Å². The Hall–Kier alpha value is -2.17. The number of halogens is 1. The standard InChI is InChI=1S/C12H9ClN2O2/c1-16-11-5-8(3-9(6-14)7-15)4-10(13)12(11)17-2/h3-5H,1-2H3. The molecule has 0 aliphatic rings. The first kappa shape index (κ1) is 12.9. The molecule has 1 aromatic carbocycles. The normalized spacial score (nSPS) is 8.76. The zero-order chi connectivity index (χ0) is 12.8. The van der Waals surface area contributed by atoms with Gasteiger partial charge in [-0.3, -0.25) is 0 Å². The number of allylic oxidation sites excluding steroid dienone is 1. The summed E-state index contributed by atoms with van der Waals surface area (Å²) in [6, 6.07) is 6.77. The van der Waals surface area contributed by atoms with E-state index in [1.165, 1.54) is 20.3 Å². The van der Waals surface area contributed by atoms with Crippen LogP contribution in [0, 0.1) is 22.7 Å². The van der Waals surface area contributed by atoms with E-state index in [9.17, 15) is 0 Å². The molecule has 4 nitrogen and oxygen atoms in total. The molecule has 0 amide bonds. The van der Waals surface area contributed by atoms with Gasteiger partial charge < -0.3 is 9.47 Å². The maximum absolute atomic E-state index is 8.65. The van der Waals surface area contributed by atoms with Crippen molar-refractivity contribution < 1.29 is 9.47 Å². The van der Waals surface area contributed by atoms with Crippen molar-refractivity contribution in [3.05, 3.63) is 28.3 Å². The van der Waals surface area contributed by atoms with Crippen LogP contribution in [-0.2, 0) is 0 Å². The molecule has 0 spiro atoms. The first-order valence-electron chi connectivity index (χ1n) is 4.59. The van der Waals surface area contributed by atoms with Crippen LogP contribution in [0.4, 0.5) is 0 Å². The number of methoxy groups -OCH3 is 2. The lowest BCUT2D eigenvalue weighted by molar-refractivity contribution is 0.355. The molecule has 0 saturated heterocycles. The molecule has 0 radical (unpaired) electrons. The van der Waals surface area contributed by atoms with Crippen molar-refractivity contribution in [2.24, 2.45) is 0 Å². The molecule has 0 aromatic heterocycles. The molecule has 0 N–H and O–H groups in total.